The van der Waals surface area contributed by atoms with E-state index < -0.39 is 7.26 Å². The van der Waals surface area contributed by atoms with Gasteiger partial charge in [-0.05, 0) is 42.7 Å². The summed E-state index contributed by atoms with van der Waals surface area (Å²) in [6, 6.07) is 33.7. The first-order valence-electron chi connectivity index (χ1n) is 9.87. The Morgan fingerprint density at radius 2 is 1.07 bits per heavy atom. The molecule has 0 bridgehead atoms. The summed E-state index contributed by atoms with van der Waals surface area (Å²) in [7, 11) is -1.46. The third-order valence-electron chi connectivity index (χ3n) is 5.19. The number of hydrogen-bond donors (Lipinski definition) is 0. The van der Waals surface area contributed by atoms with E-state index in [1.807, 2.05) is 0 Å². The fourth-order valence-electron chi connectivity index (χ4n) is 3.80. The molecule has 142 valence electrons. The van der Waals surface area contributed by atoms with Crippen LogP contribution in [0.15, 0.2) is 91.0 Å². The second-order valence-electron chi connectivity index (χ2n) is 7.07. The molecular formula is C25H30ClP. The molecule has 0 aliphatic carbocycles. The van der Waals surface area contributed by atoms with E-state index in [2.05, 4.69) is 97.9 Å². The SMILES string of the molecule is CCCCCC[P+](Cc1ccccc1)(c1ccccc1)c1ccccc1.[Cl-]. The molecule has 3 aromatic rings. The molecule has 0 unspecified atom stereocenters. The van der Waals surface area contributed by atoms with Gasteiger partial charge < -0.3 is 12.4 Å². The van der Waals surface area contributed by atoms with Crippen LogP contribution in [0, 0.1) is 0 Å². The second kappa shape index (κ2) is 11.3. The van der Waals surface area contributed by atoms with Crippen LogP contribution >= 0.6 is 7.26 Å². The Morgan fingerprint density at radius 3 is 1.56 bits per heavy atom. The van der Waals surface area contributed by atoms with Gasteiger partial charge in [0.15, 0.2) is 0 Å². The van der Waals surface area contributed by atoms with Crippen molar-refractivity contribution in [2.24, 2.45) is 0 Å². The molecule has 0 aliphatic heterocycles. The smallest absolute Gasteiger partial charge is 0.0995 e. The zero-order chi connectivity index (χ0) is 18.1. The van der Waals surface area contributed by atoms with Gasteiger partial charge in [0.25, 0.3) is 0 Å². The summed E-state index contributed by atoms with van der Waals surface area (Å²) in [5, 5.41) is 3.10. The molecular weight excluding hydrogens is 367 g/mol. The average Bonchev–Trinajstić information content (AvgIpc) is 2.72. The Balaban J connectivity index is 0.00000261. The van der Waals surface area contributed by atoms with Crippen molar-refractivity contribution in [3.8, 4) is 0 Å². The number of unbranched alkanes of at least 4 members (excludes halogenated alkanes) is 3. The summed E-state index contributed by atoms with van der Waals surface area (Å²) in [4.78, 5) is 0. The minimum absolute atomic E-state index is 0. The maximum Gasteiger partial charge on any atom is 0.0995 e. The van der Waals surface area contributed by atoms with Crippen molar-refractivity contribution < 1.29 is 12.4 Å². The number of halogens is 1. The van der Waals surface area contributed by atoms with E-state index >= 15 is 0 Å². The van der Waals surface area contributed by atoms with Crippen LogP contribution in [0.25, 0.3) is 0 Å². The summed E-state index contributed by atoms with van der Waals surface area (Å²) in [5.41, 5.74) is 1.46. The van der Waals surface area contributed by atoms with Crippen LogP contribution in [0.3, 0.4) is 0 Å². The lowest BCUT2D eigenvalue weighted by Crippen LogP contribution is -3.00. The Hall–Kier alpha value is -1.62. The molecule has 0 amide bonds. The Kier molecular flexibility index (Phi) is 9.05. The summed E-state index contributed by atoms with van der Waals surface area (Å²) in [6.45, 7) is 2.29. The highest BCUT2D eigenvalue weighted by molar-refractivity contribution is 7.88. The normalized spacial score (nSPS) is 11.0. The fraction of sp³-hybridized carbons (Fsp3) is 0.280. The van der Waals surface area contributed by atoms with Crippen LogP contribution < -0.4 is 23.0 Å². The molecule has 27 heavy (non-hydrogen) atoms. The van der Waals surface area contributed by atoms with Crippen LogP contribution in [0.2, 0.25) is 0 Å². The lowest BCUT2D eigenvalue weighted by molar-refractivity contribution is -0.00000529. The predicted molar refractivity (Wildman–Crippen MR) is 118 cm³/mol. The zero-order valence-corrected chi connectivity index (χ0v) is 17.9. The number of benzene rings is 3. The third-order valence-corrected chi connectivity index (χ3v) is 9.75. The van der Waals surface area contributed by atoms with Crippen molar-refractivity contribution in [1.29, 1.82) is 0 Å². The van der Waals surface area contributed by atoms with Gasteiger partial charge in [0.05, 0.1) is 30.2 Å². The van der Waals surface area contributed by atoms with Crippen molar-refractivity contribution in [3.63, 3.8) is 0 Å². The number of rotatable bonds is 9. The van der Waals surface area contributed by atoms with Gasteiger partial charge in [-0.15, -0.1) is 0 Å². The molecule has 0 atom stereocenters. The molecule has 0 aromatic heterocycles. The zero-order valence-electron chi connectivity index (χ0n) is 16.2. The first-order valence-corrected chi connectivity index (χ1v) is 12.0. The molecule has 0 aliphatic rings. The predicted octanol–water partition coefficient (Wildman–Crippen LogP) is 3.44. The van der Waals surface area contributed by atoms with E-state index in [-0.39, 0.29) is 12.4 Å². The van der Waals surface area contributed by atoms with E-state index in [4.69, 9.17) is 0 Å². The molecule has 0 heterocycles. The van der Waals surface area contributed by atoms with E-state index in [0.29, 0.717) is 0 Å². The lowest BCUT2D eigenvalue weighted by atomic mass is 10.2. The molecule has 0 saturated heterocycles. The van der Waals surface area contributed by atoms with E-state index in [0.717, 1.165) is 6.16 Å². The van der Waals surface area contributed by atoms with Crippen molar-refractivity contribution >= 4 is 17.9 Å². The molecule has 0 fully saturated rings. The average molecular weight is 397 g/mol. The molecule has 3 rings (SSSR count). The van der Waals surface area contributed by atoms with E-state index in [1.165, 1.54) is 37.4 Å². The standard InChI is InChI=1S/C25H30P.ClH/c1-2-3-4-14-21-26(24-17-10-6-11-18-24,25-19-12-7-13-20-25)22-23-15-8-5-9-16-23;/h5-13,15-20H,2-4,14,21-22H2,1H3;1H/q+1;/p-1. The maximum absolute atomic E-state index is 2.36. The van der Waals surface area contributed by atoms with Crippen molar-refractivity contribution in [2.45, 2.75) is 38.8 Å². The van der Waals surface area contributed by atoms with E-state index in [9.17, 15) is 0 Å². The topological polar surface area (TPSA) is 0 Å². The fourth-order valence-corrected chi connectivity index (χ4v) is 8.22. The Morgan fingerprint density at radius 1 is 0.593 bits per heavy atom. The maximum atomic E-state index is 2.36. The Labute approximate surface area is 171 Å². The van der Waals surface area contributed by atoms with Crippen LogP contribution in [-0.4, -0.2) is 6.16 Å². The van der Waals surface area contributed by atoms with Crippen molar-refractivity contribution in [1.82, 2.24) is 0 Å². The Bertz CT molecular complexity index is 717. The van der Waals surface area contributed by atoms with Gasteiger partial charge >= 0.3 is 0 Å². The molecule has 0 saturated carbocycles. The second-order valence-corrected chi connectivity index (χ2v) is 10.8. The van der Waals surface area contributed by atoms with Gasteiger partial charge in [-0.3, -0.25) is 0 Å². The van der Waals surface area contributed by atoms with Gasteiger partial charge in [0.2, 0.25) is 0 Å². The largest absolute Gasteiger partial charge is 1.00 e. The highest BCUT2D eigenvalue weighted by atomic mass is 35.5. The van der Waals surface area contributed by atoms with Gasteiger partial charge in [-0.25, -0.2) is 0 Å². The molecule has 3 aromatic carbocycles. The van der Waals surface area contributed by atoms with E-state index in [1.54, 1.807) is 10.6 Å². The van der Waals surface area contributed by atoms with Gasteiger partial charge in [-0.1, -0.05) is 86.5 Å². The van der Waals surface area contributed by atoms with Crippen LogP contribution in [0.4, 0.5) is 0 Å². The molecule has 0 spiro atoms. The quantitative estimate of drug-likeness (QED) is 0.384. The van der Waals surface area contributed by atoms with Crippen molar-refractivity contribution in [3.05, 3.63) is 96.6 Å². The molecule has 0 N–H and O–H groups in total. The first kappa shape index (κ1) is 21.7. The van der Waals surface area contributed by atoms with Crippen molar-refractivity contribution in [2.75, 3.05) is 6.16 Å². The van der Waals surface area contributed by atoms with Gasteiger partial charge in [0, 0.05) is 0 Å². The molecule has 0 radical (unpaired) electrons. The monoisotopic (exact) mass is 396 g/mol. The summed E-state index contributed by atoms with van der Waals surface area (Å²) >= 11 is 0. The first-order chi connectivity index (χ1) is 12.8. The highest BCUT2D eigenvalue weighted by Gasteiger charge is 2.42. The highest BCUT2D eigenvalue weighted by Crippen LogP contribution is 2.59. The van der Waals surface area contributed by atoms with Crippen LogP contribution in [0.1, 0.15) is 38.2 Å². The third kappa shape index (κ3) is 5.68. The minimum atomic E-state index is -1.46. The lowest BCUT2D eigenvalue weighted by Gasteiger charge is -2.28. The summed E-state index contributed by atoms with van der Waals surface area (Å²) in [5.74, 6) is 0. The number of hydrogen-bond acceptors (Lipinski definition) is 0. The van der Waals surface area contributed by atoms with Gasteiger partial charge in [0.1, 0.15) is 0 Å². The van der Waals surface area contributed by atoms with Crippen LogP contribution in [-0.2, 0) is 6.16 Å². The summed E-state index contributed by atoms with van der Waals surface area (Å²) < 4.78 is 0. The summed E-state index contributed by atoms with van der Waals surface area (Å²) in [6.07, 6.45) is 7.75. The minimum Gasteiger partial charge on any atom is -1.00 e. The molecule has 0 nitrogen and oxygen atoms in total. The van der Waals surface area contributed by atoms with Gasteiger partial charge in [-0.2, -0.15) is 0 Å². The molecule has 2 heteroatoms. The van der Waals surface area contributed by atoms with Crippen LogP contribution in [0.5, 0.6) is 0 Å².